The molecule has 0 unspecified atom stereocenters. The summed E-state index contributed by atoms with van der Waals surface area (Å²) in [5.41, 5.74) is 1.50. The topological polar surface area (TPSA) is 42.0 Å². The van der Waals surface area contributed by atoms with Gasteiger partial charge in [0.1, 0.15) is 5.15 Å². The van der Waals surface area contributed by atoms with Gasteiger partial charge in [0.2, 0.25) is 0 Å². The van der Waals surface area contributed by atoms with Crippen molar-refractivity contribution < 1.29 is 4.79 Å². The zero-order chi connectivity index (χ0) is 15.6. The zero-order valence-electron chi connectivity index (χ0n) is 10.9. The summed E-state index contributed by atoms with van der Waals surface area (Å²) in [6.07, 6.45) is 0.675. The lowest BCUT2D eigenvalue weighted by Crippen LogP contribution is -2.13. The van der Waals surface area contributed by atoms with Crippen LogP contribution in [0.1, 0.15) is 23.0 Å². The summed E-state index contributed by atoms with van der Waals surface area (Å²) in [4.78, 5) is 16.4. The highest BCUT2D eigenvalue weighted by molar-refractivity contribution is 6.44. The van der Waals surface area contributed by atoms with E-state index in [0.717, 1.165) is 5.69 Å². The Bertz CT molecular complexity index is 704. The van der Waals surface area contributed by atoms with Gasteiger partial charge in [0, 0.05) is 11.3 Å². The predicted molar refractivity (Wildman–Crippen MR) is 88.1 cm³/mol. The van der Waals surface area contributed by atoms with Crippen molar-refractivity contribution in [1.29, 1.82) is 0 Å². The Morgan fingerprint density at radius 1 is 1.05 bits per heavy atom. The van der Waals surface area contributed by atoms with E-state index in [1.807, 2.05) is 6.92 Å². The van der Waals surface area contributed by atoms with Gasteiger partial charge in [0.05, 0.1) is 20.8 Å². The largest absolute Gasteiger partial charge is 0.321 e. The van der Waals surface area contributed by atoms with E-state index >= 15 is 0 Å². The number of anilines is 1. The van der Waals surface area contributed by atoms with E-state index in [-0.39, 0.29) is 11.1 Å². The molecule has 1 amide bonds. The lowest BCUT2D eigenvalue weighted by Gasteiger charge is -2.09. The van der Waals surface area contributed by atoms with Crippen LogP contribution >= 0.6 is 46.4 Å². The Kier molecular flexibility index (Phi) is 5.33. The third kappa shape index (κ3) is 4.01. The number of carbonyl (C=O) groups excluding carboxylic acids is 1. The molecule has 110 valence electrons. The molecule has 1 heterocycles. The van der Waals surface area contributed by atoms with E-state index in [0.29, 0.717) is 32.7 Å². The van der Waals surface area contributed by atoms with Crippen molar-refractivity contribution in [3.63, 3.8) is 0 Å². The Balaban J connectivity index is 2.30. The van der Waals surface area contributed by atoms with Gasteiger partial charge >= 0.3 is 0 Å². The maximum absolute atomic E-state index is 12.3. The molecule has 0 fully saturated rings. The summed E-state index contributed by atoms with van der Waals surface area (Å²) in [6, 6.07) is 6.12. The fraction of sp³-hybridized carbons (Fsp3) is 0.143. The van der Waals surface area contributed by atoms with Crippen molar-refractivity contribution in [3.05, 3.63) is 55.7 Å². The molecular formula is C14H10Cl4N2O. The van der Waals surface area contributed by atoms with Crippen LogP contribution < -0.4 is 5.32 Å². The molecule has 0 bridgehead atoms. The monoisotopic (exact) mass is 362 g/mol. The molecule has 2 rings (SSSR count). The first kappa shape index (κ1) is 16.4. The van der Waals surface area contributed by atoms with Crippen molar-refractivity contribution in [1.82, 2.24) is 4.98 Å². The number of aryl methyl sites for hydroxylation is 1. The van der Waals surface area contributed by atoms with Gasteiger partial charge in [0.15, 0.2) is 0 Å². The second-order valence-electron chi connectivity index (χ2n) is 4.22. The molecule has 0 spiro atoms. The van der Waals surface area contributed by atoms with Gasteiger partial charge in [-0.05, 0) is 30.7 Å². The van der Waals surface area contributed by atoms with Crippen molar-refractivity contribution in [2.45, 2.75) is 13.3 Å². The summed E-state index contributed by atoms with van der Waals surface area (Å²) in [7, 11) is 0. The van der Waals surface area contributed by atoms with Crippen LogP contribution in [0.25, 0.3) is 0 Å². The first-order valence-electron chi connectivity index (χ1n) is 6.03. The summed E-state index contributed by atoms with van der Waals surface area (Å²) in [5.74, 6) is -0.353. The maximum Gasteiger partial charge on any atom is 0.255 e. The van der Waals surface area contributed by atoms with Gasteiger partial charge in [-0.25, -0.2) is 4.98 Å². The summed E-state index contributed by atoms with van der Waals surface area (Å²) in [6.45, 7) is 1.93. The Morgan fingerprint density at radius 2 is 1.71 bits per heavy atom. The molecule has 0 saturated carbocycles. The Morgan fingerprint density at radius 3 is 2.38 bits per heavy atom. The quantitative estimate of drug-likeness (QED) is 0.577. The van der Waals surface area contributed by atoms with Crippen LogP contribution in [0.4, 0.5) is 5.69 Å². The normalized spacial score (nSPS) is 10.5. The number of rotatable bonds is 3. The average molecular weight is 364 g/mol. The van der Waals surface area contributed by atoms with Crippen molar-refractivity contribution >= 4 is 58.0 Å². The van der Waals surface area contributed by atoms with Crippen molar-refractivity contribution in [2.24, 2.45) is 0 Å². The number of amides is 1. The fourth-order valence-corrected chi connectivity index (χ4v) is 2.50. The average Bonchev–Trinajstić information content (AvgIpc) is 2.43. The second-order valence-corrected chi connectivity index (χ2v) is 5.83. The number of nitrogens with one attached hydrogen (secondary N) is 1. The molecule has 0 radical (unpaired) electrons. The highest BCUT2D eigenvalue weighted by atomic mass is 35.5. The van der Waals surface area contributed by atoms with E-state index in [1.54, 1.807) is 6.07 Å². The molecule has 21 heavy (non-hydrogen) atoms. The fourth-order valence-electron chi connectivity index (χ4n) is 1.68. The standard InChI is InChI=1S/C14H10Cl4N2O/c1-2-8-3-7(4-13(18)19-8)14(21)20-12-6-10(16)9(15)5-11(12)17/h3-6H,2H2,1H3,(H,20,21). The summed E-state index contributed by atoms with van der Waals surface area (Å²) in [5, 5.41) is 3.86. The molecule has 2 aromatic rings. The van der Waals surface area contributed by atoms with Crippen molar-refractivity contribution in [3.8, 4) is 0 Å². The van der Waals surface area contributed by atoms with Crippen LogP contribution in [0.2, 0.25) is 20.2 Å². The van der Waals surface area contributed by atoms with Crippen LogP contribution in [0.5, 0.6) is 0 Å². The number of nitrogens with zero attached hydrogens (tertiary/aromatic N) is 1. The van der Waals surface area contributed by atoms with Crippen LogP contribution in [-0.2, 0) is 6.42 Å². The molecule has 1 N–H and O–H groups in total. The van der Waals surface area contributed by atoms with Crippen LogP contribution in [-0.4, -0.2) is 10.9 Å². The minimum absolute atomic E-state index is 0.264. The SMILES string of the molecule is CCc1cc(C(=O)Nc2cc(Cl)c(Cl)cc2Cl)cc(Cl)n1. The number of benzene rings is 1. The highest BCUT2D eigenvalue weighted by Gasteiger charge is 2.12. The molecule has 7 heteroatoms. The van der Waals surface area contributed by atoms with E-state index in [1.165, 1.54) is 18.2 Å². The third-order valence-electron chi connectivity index (χ3n) is 2.73. The van der Waals surface area contributed by atoms with E-state index in [9.17, 15) is 4.79 Å². The van der Waals surface area contributed by atoms with Crippen LogP contribution in [0, 0.1) is 0 Å². The highest BCUT2D eigenvalue weighted by Crippen LogP contribution is 2.32. The predicted octanol–water partition coefficient (Wildman–Crippen LogP) is 5.51. The van der Waals surface area contributed by atoms with Gasteiger partial charge in [0.25, 0.3) is 5.91 Å². The minimum atomic E-state index is -0.353. The number of aromatic nitrogens is 1. The lowest BCUT2D eigenvalue weighted by molar-refractivity contribution is 0.102. The number of hydrogen-bond donors (Lipinski definition) is 1. The Hall–Kier alpha value is -1.000. The third-order valence-corrected chi connectivity index (χ3v) is 3.96. The number of hydrogen-bond acceptors (Lipinski definition) is 2. The molecule has 3 nitrogen and oxygen atoms in total. The molecular weight excluding hydrogens is 354 g/mol. The molecule has 0 atom stereocenters. The van der Waals surface area contributed by atoms with Crippen LogP contribution in [0.15, 0.2) is 24.3 Å². The van der Waals surface area contributed by atoms with Gasteiger partial charge in [-0.15, -0.1) is 0 Å². The summed E-state index contributed by atoms with van der Waals surface area (Å²) < 4.78 is 0. The van der Waals surface area contributed by atoms with E-state index in [4.69, 9.17) is 46.4 Å². The number of carbonyl (C=O) groups is 1. The van der Waals surface area contributed by atoms with Gasteiger partial charge < -0.3 is 5.32 Å². The maximum atomic E-state index is 12.3. The van der Waals surface area contributed by atoms with Gasteiger partial charge in [-0.2, -0.15) is 0 Å². The van der Waals surface area contributed by atoms with E-state index < -0.39 is 0 Å². The number of pyridine rings is 1. The zero-order valence-corrected chi connectivity index (χ0v) is 13.9. The van der Waals surface area contributed by atoms with E-state index in [2.05, 4.69) is 10.3 Å². The molecule has 0 saturated heterocycles. The molecule has 0 aliphatic heterocycles. The summed E-state index contributed by atoms with van der Waals surface area (Å²) >= 11 is 23.7. The lowest BCUT2D eigenvalue weighted by atomic mass is 10.2. The molecule has 0 aliphatic rings. The Labute approximate surface area is 142 Å². The molecule has 1 aromatic carbocycles. The van der Waals surface area contributed by atoms with Crippen LogP contribution in [0.3, 0.4) is 0 Å². The smallest absolute Gasteiger partial charge is 0.255 e. The first-order valence-corrected chi connectivity index (χ1v) is 7.54. The molecule has 0 aliphatic carbocycles. The van der Waals surface area contributed by atoms with Gasteiger partial charge in [-0.3, -0.25) is 4.79 Å². The molecule has 1 aromatic heterocycles. The number of halogens is 4. The first-order chi connectivity index (χ1) is 9.90. The minimum Gasteiger partial charge on any atom is -0.321 e. The van der Waals surface area contributed by atoms with Gasteiger partial charge in [-0.1, -0.05) is 53.3 Å². The second kappa shape index (κ2) is 6.84. The van der Waals surface area contributed by atoms with Crippen molar-refractivity contribution in [2.75, 3.05) is 5.32 Å².